The summed E-state index contributed by atoms with van der Waals surface area (Å²) in [6.07, 6.45) is 9.86. The highest BCUT2D eigenvalue weighted by atomic mass is 16.1. The number of nitrogens with zero attached hydrogens (tertiary/aromatic N) is 4. The van der Waals surface area contributed by atoms with E-state index in [9.17, 15) is 4.79 Å². The number of carbonyl (C=O) groups excluding carboxylic acids is 1. The summed E-state index contributed by atoms with van der Waals surface area (Å²) in [6, 6.07) is 6.09. The van der Waals surface area contributed by atoms with E-state index in [0.29, 0.717) is 17.1 Å². The third-order valence-electron chi connectivity index (χ3n) is 5.72. The summed E-state index contributed by atoms with van der Waals surface area (Å²) in [6.45, 7) is 0. The van der Waals surface area contributed by atoms with Crippen LogP contribution < -0.4 is 11.1 Å². The Balaban J connectivity index is 1.53. The number of amidine groups is 1. The Kier molecular flexibility index (Phi) is 4.76. The van der Waals surface area contributed by atoms with E-state index in [1.54, 1.807) is 10.6 Å². The van der Waals surface area contributed by atoms with Crippen LogP contribution in [0.3, 0.4) is 0 Å². The van der Waals surface area contributed by atoms with E-state index < -0.39 is 5.91 Å². The maximum Gasteiger partial charge on any atom is 0.252 e. The number of carbonyl (C=O) groups is 1. The van der Waals surface area contributed by atoms with Gasteiger partial charge in [0.05, 0.1) is 23.0 Å². The average Bonchev–Trinajstić information content (AvgIpc) is 3.28. The van der Waals surface area contributed by atoms with Crippen molar-refractivity contribution in [1.82, 2.24) is 14.5 Å². The Hall–Kier alpha value is -3.67. The quantitative estimate of drug-likeness (QED) is 0.455. The van der Waals surface area contributed by atoms with Gasteiger partial charge in [-0.1, -0.05) is 0 Å². The van der Waals surface area contributed by atoms with Crippen molar-refractivity contribution < 1.29 is 4.79 Å². The Labute approximate surface area is 167 Å². The molecule has 4 rings (SSSR count). The molecule has 0 radical (unpaired) electrons. The minimum absolute atomic E-state index is 0.150. The van der Waals surface area contributed by atoms with Crippen molar-refractivity contribution >= 4 is 28.7 Å². The fourth-order valence-electron chi connectivity index (χ4n) is 4.51. The molecule has 2 aliphatic rings. The molecule has 9 heteroatoms. The highest BCUT2D eigenvalue weighted by Crippen LogP contribution is 2.38. The summed E-state index contributed by atoms with van der Waals surface area (Å²) < 4.78 is 1.71. The van der Waals surface area contributed by atoms with Crippen LogP contribution in [0.2, 0.25) is 0 Å². The second kappa shape index (κ2) is 7.39. The summed E-state index contributed by atoms with van der Waals surface area (Å²) in [7, 11) is 0. The van der Waals surface area contributed by atoms with Crippen LogP contribution in [0.5, 0.6) is 0 Å². The third-order valence-corrected chi connectivity index (χ3v) is 5.72. The van der Waals surface area contributed by atoms with Crippen LogP contribution in [-0.2, 0) is 0 Å². The van der Waals surface area contributed by atoms with Crippen molar-refractivity contribution in [3.05, 3.63) is 42.2 Å². The van der Waals surface area contributed by atoms with Gasteiger partial charge in [-0.2, -0.15) is 10.4 Å². The number of primary amides is 1. The van der Waals surface area contributed by atoms with Crippen molar-refractivity contribution in [2.75, 3.05) is 5.32 Å². The smallest absolute Gasteiger partial charge is 0.252 e. The van der Waals surface area contributed by atoms with E-state index in [4.69, 9.17) is 21.8 Å². The van der Waals surface area contributed by atoms with Crippen LogP contribution in [0, 0.1) is 22.1 Å². The van der Waals surface area contributed by atoms with Crippen LogP contribution in [-0.4, -0.2) is 50.1 Å². The van der Waals surface area contributed by atoms with E-state index >= 15 is 0 Å². The zero-order valence-electron chi connectivity index (χ0n) is 15.8. The number of piperidine rings is 1. The predicted octanol–water partition coefficient (Wildman–Crippen LogP) is 1.92. The lowest BCUT2D eigenvalue weighted by atomic mass is 9.96. The molecule has 2 atom stereocenters. The number of anilines is 1. The molecule has 5 N–H and O–H groups in total. The van der Waals surface area contributed by atoms with E-state index in [-0.39, 0.29) is 23.8 Å². The molecule has 2 aromatic heterocycles. The van der Waals surface area contributed by atoms with Gasteiger partial charge in [0.1, 0.15) is 17.6 Å². The van der Waals surface area contributed by atoms with Crippen LogP contribution >= 0.6 is 0 Å². The molecule has 29 heavy (non-hydrogen) atoms. The summed E-state index contributed by atoms with van der Waals surface area (Å²) in [4.78, 5) is 14.0. The Morgan fingerprint density at radius 3 is 2.69 bits per heavy atom. The van der Waals surface area contributed by atoms with Gasteiger partial charge in [-0.15, -0.1) is 0 Å². The first-order chi connectivity index (χ1) is 14.0. The van der Waals surface area contributed by atoms with Crippen molar-refractivity contribution in [3.63, 3.8) is 0 Å². The zero-order chi connectivity index (χ0) is 20.5. The molecule has 2 bridgehead atoms. The molecule has 0 aromatic carbocycles. The molecule has 2 fully saturated rings. The van der Waals surface area contributed by atoms with Gasteiger partial charge < -0.3 is 16.0 Å². The Bertz CT molecular complexity index is 1050. The van der Waals surface area contributed by atoms with Crippen LogP contribution in [0.4, 0.5) is 5.69 Å². The van der Waals surface area contributed by atoms with E-state index in [2.05, 4.69) is 15.3 Å². The number of nitriles is 1. The van der Waals surface area contributed by atoms with Crippen molar-refractivity contribution in [2.45, 2.75) is 43.8 Å². The molecule has 1 amide bonds. The molecule has 2 aromatic rings. The van der Waals surface area contributed by atoms with Gasteiger partial charge in [-0.25, -0.2) is 4.52 Å². The van der Waals surface area contributed by atoms with Crippen molar-refractivity contribution in [3.8, 4) is 6.07 Å². The zero-order valence-corrected chi connectivity index (χ0v) is 15.8. The van der Waals surface area contributed by atoms with Crippen LogP contribution in [0.25, 0.3) is 5.52 Å². The van der Waals surface area contributed by atoms with Gasteiger partial charge in [0.25, 0.3) is 5.91 Å². The lowest BCUT2D eigenvalue weighted by Crippen LogP contribution is -2.49. The topological polar surface area (TPSA) is 147 Å². The third kappa shape index (κ3) is 3.45. The number of aromatic nitrogens is 2. The normalized spacial score (nSPS) is 23.3. The van der Waals surface area contributed by atoms with Crippen LogP contribution in [0.15, 0.2) is 36.7 Å². The second-order valence-corrected chi connectivity index (χ2v) is 7.48. The molecule has 2 saturated heterocycles. The second-order valence-electron chi connectivity index (χ2n) is 7.48. The van der Waals surface area contributed by atoms with Crippen LogP contribution in [0.1, 0.15) is 36.0 Å². The summed E-state index contributed by atoms with van der Waals surface area (Å²) in [5.74, 6) is -0.178. The maximum atomic E-state index is 11.9. The van der Waals surface area contributed by atoms with Gasteiger partial charge in [0, 0.05) is 24.3 Å². The number of nitrogens with one attached hydrogen (secondary N) is 3. The predicted molar refractivity (Wildman–Crippen MR) is 109 cm³/mol. The van der Waals surface area contributed by atoms with E-state index in [1.165, 1.54) is 18.3 Å². The van der Waals surface area contributed by atoms with Gasteiger partial charge in [-0.05, 0) is 50.0 Å². The monoisotopic (exact) mass is 390 g/mol. The number of hydrogen-bond donors (Lipinski definition) is 4. The van der Waals surface area contributed by atoms with E-state index in [1.807, 2.05) is 18.3 Å². The van der Waals surface area contributed by atoms with Gasteiger partial charge in [0.15, 0.2) is 0 Å². The molecule has 2 unspecified atom stereocenters. The molecule has 148 valence electrons. The van der Waals surface area contributed by atoms with Gasteiger partial charge in [-0.3, -0.25) is 15.6 Å². The average molecular weight is 390 g/mol. The number of nitrogens with two attached hydrogens (primary N) is 1. The number of allylic oxidation sites excluding steroid dienone is 1. The Morgan fingerprint density at radius 1 is 1.31 bits per heavy atom. The number of amides is 1. The fourth-order valence-corrected chi connectivity index (χ4v) is 4.51. The minimum atomic E-state index is -0.518. The molecular weight excluding hydrogens is 368 g/mol. The highest BCUT2D eigenvalue weighted by molar-refractivity contribution is 6.08. The lowest BCUT2D eigenvalue weighted by molar-refractivity contribution is 0.100. The van der Waals surface area contributed by atoms with Crippen molar-refractivity contribution in [2.24, 2.45) is 5.73 Å². The summed E-state index contributed by atoms with van der Waals surface area (Å²) >= 11 is 0. The summed E-state index contributed by atoms with van der Waals surface area (Å²) in [5.41, 5.74) is 7.29. The largest absolute Gasteiger partial charge is 0.380 e. The fraction of sp³-hybridized carbons (Fsp3) is 0.350. The summed E-state index contributed by atoms with van der Waals surface area (Å²) in [5, 5.41) is 32.2. The highest BCUT2D eigenvalue weighted by Gasteiger charge is 2.41. The maximum absolute atomic E-state index is 11.9. The first-order valence-electron chi connectivity index (χ1n) is 9.54. The number of fused-ring (bicyclic) bond motifs is 3. The molecule has 0 saturated carbocycles. The standard InChI is InChI=1S/C20H22N8O/c21-10-12(22)3-6-18(23)28-14-4-5-15(28)9-13(8-14)26-19-16(20(24)29)11-25-27-7-1-2-17(19)27/h1-3,6-7,11,13-15,22-23,26H,4-5,8-9H2,(H2,24,29)/b6-3-,22-12?,23-18?. The lowest BCUT2D eigenvalue weighted by Gasteiger charge is -2.40. The molecule has 0 aliphatic carbocycles. The molecular formula is C20H22N8O. The number of hydrogen-bond acceptors (Lipinski definition) is 6. The van der Waals surface area contributed by atoms with Gasteiger partial charge >= 0.3 is 0 Å². The first kappa shape index (κ1) is 18.7. The SMILES string of the molecule is N#CC(=N)/C=C\C(=N)N1C2CCC1CC(Nc1c(C(N)=O)cnn3cccc13)C2. The first-order valence-corrected chi connectivity index (χ1v) is 9.54. The number of rotatable bonds is 5. The van der Waals surface area contributed by atoms with E-state index in [0.717, 1.165) is 31.2 Å². The Morgan fingerprint density at radius 2 is 2.03 bits per heavy atom. The van der Waals surface area contributed by atoms with Gasteiger partial charge in [0.2, 0.25) is 0 Å². The minimum Gasteiger partial charge on any atom is -0.380 e. The van der Waals surface area contributed by atoms with Crippen molar-refractivity contribution in [1.29, 1.82) is 16.1 Å². The molecule has 9 nitrogen and oxygen atoms in total. The molecule has 2 aliphatic heterocycles. The molecule has 4 heterocycles. The molecule has 0 spiro atoms.